The molecule has 0 radical (unpaired) electrons. The van der Waals surface area contributed by atoms with E-state index in [1.54, 1.807) is 18.2 Å². The van der Waals surface area contributed by atoms with E-state index in [2.05, 4.69) is 24.1 Å². The molecule has 5 heteroatoms. The number of halogens is 2. The quantitative estimate of drug-likeness (QED) is 0.897. The molecule has 0 spiro atoms. The van der Waals surface area contributed by atoms with Gasteiger partial charge in [-0.05, 0) is 37.3 Å². The summed E-state index contributed by atoms with van der Waals surface area (Å²) in [5.41, 5.74) is 0.496. The Hall–Kier alpha value is -0.770. The Bertz CT molecular complexity index is 491. The molecule has 1 N–H and O–H groups in total. The van der Waals surface area contributed by atoms with Gasteiger partial charge in [-0.25, -0.2) is 0 Å². The first-order valence-corrected chi connectivity index (χ1v) is 8.13. The smallest absolute Gasteiger partial charge is 0.241 e. The van der Waals surface area contributed by atoms with Crippen LogP contribution in [0.2, 0.25) is 10.0 Å². The topological polar surface area (TPSA) is 32.3 Å². The average Bonchev–Trinajstić information content (AvgIpc) is 2.41. The van der Waals surface area contributed by atoms with Crippen molar-refractivity contribution in [3.63, 3.8) is 0 Å². The van der Waals surface area contributed by atoms with E-state index in [0.29, 0.717) is 27.6 Å². The minimum absolute atomic E-state index is 0.0636. The number of para-hydroxylation sites is 1. The average molecular weight is 329 g/mol. The molecule has 0 bridgehead atoms. The molecule has 1 aromatic rings. The summed E-state index contributed by atoms with van der Waals surface area (Å²) in [6.45, 7) is 8.31. The molecule has 1 aliphatic rings. The zero-order valence-electron chi connectivity index (χ0n) is 12.7. The van der Waals surface area contributed by atoms with Gasteiger partial charge >= 0.3 is 0 Å². The van der Waals surface area contributed by atoms with Gasteiger partial charge in [-0.15, -0.1) is 0 Å². The van der Waals surface area contributed by atoms with Crippen molar-refractivity contribution in [2.45, 2.75) is 33.2 Å². The number of benzene rings is 1. The maximum Gasteiger partial charge on any atom is 0.241 e. The molecule has 1 heterocycles. The number of piperidine rings is 1. The fraction of sp³-hybridized carbons (Fsp3) is 0.562. The highest BCUT2D eigenvalue weighted by molar-refractivity contribution is 6.39. The van der Waals surface area contributed by atoms with E-state index in [4.69, 9.17) is 23.2 Å². The molecule has 21 heavy (non-hydrogen) atoms. The first-order valence-electron chi connectivity index (χ1n) is 7.37. The molecule has 1 fully saturated rings. The Morgan fingerprint density at radius 3 is 2.29 bits per heavy atom. The Morgan fingerprint density at radius 2 is 1.76 bits per heavy atom. The minimum atomic E-state index is -0.192. The molecular weight excluding hydrogens is 307 g/mol. The lowest BCUT2D eigenvalue weighted by molar-refractivity contribution is -0.121. The van der Waals surface area contributed by atoms with E-state index in [0.717, 1.165) is 13.1 Å². The monoisotopic (exact) mass is 328 g/mol. The Kier molecular flexibility index (Phi) is 5.53. The predicted octanol–water partition coefficient (Wildman–Crippen LogP) is 4.30. The van der Waals surface area contributed by atoms with Crippen LogP contribution in [0.5, 0.6) is 0 Å². The minimum Gasteiger partial charge on any atom is -0.322 e. The van der Waals surface area contributed by atoms with Crippen molar-refractivity contribution in [1.82, 2.24) is 4.90 Å². The number of nitrogens with zero attached hydrogens (tertiary/aromatic N) is 1. The van der Waals surface area contributed by atoms with Crippen LogP contribution in [0, 0.1) is 11.8 Å². The van der Waals surface area contributed by atoms with Crippen LogP contribution in [0.3, 0.4) is 0 Å². The number of hydrogen-bond donors (Lipinski definition) is 1. The van der Waals surface area contributed by atoms with Crippen molar-refractivity contribution in [3.05, 3.63) is 28.2 Å². The van der Waals surface area contributed by atoms with Crippen molar-refractivity contribution >= 4 is 34.8 Å². The molecule has 3 atom stereocenters. The Balaban J connectivity index is 2.06. The van der Waals surface area contributed by atoms with Gasteiger partial charge < -0.3 is 5.32 Å². The largest absolute Gasteiger partial charge is 0.322 e. The number of nitrogens with one attached hydrogen (secondary N) is 1. The molecule has 1 aliphatic heterocycles. The highest BCUT2D eigenvalue weighted by atomic mass is 35.5. The lowest BCUT2D eigenvalue weighted by atomic mass is 9.91. The SMILES string of the molecule is C[C@H]1C[C@H](C)CN([C@@H](C)C(=O)Nc2c(Cl)cccc2Cl)C1. The molecule has 1 saturated heterocycles. The number of carbonyl (C=O) groups excluding carboxylic acids is 1. The van der Waals surface area contributed by atoms with Crippen LogP contribution in [-0.2, 0) is 4.79 Å². The second kappa shape index (κ2) is 6.99. The van der Waals surface area contributed by atoms with Crippen molar-refractivity contribution < 1.29 is 4.79 Å². The van der Waals surface area contributed by atoms with Gasteiger partial charge in [-0.1, -0.05) is 43.1 Å². The predicted molar refractivity (Wildman–Crippen MR) is 89.1 cm³/mol. The second-order valence-corrected chi connectivity index (χ2v) is 6.98. The van der Waals surface area contributed by atoms with E-state index < -0.39 is 0 Å². The zero-order valence-corrected chi connectivity index (χ0v) is 14.2. The first-order chi connectivity index (χ1) is 9.88. The number of hydrogen-bond acceptors (Lipinski definition) is 2. The zero-order chi connectivity index (χ0) is 15.6. The molecule has 0 aromatic heterocycles. The summed E-state index contributed by atoms with van der Waals surface area (Å²) < 4.78 is 0. The van der Waals surface area contributed by atoms with Gasteiger partial charge in [0.05, 0.1) is 21.8 Å². The van der Waals surface area contributed by atoms with Crippen molar-refractivity contribution in [2.24, 2.45) is 11.8 Å². The van der Waals surface area contributed by atoms with E-state index in [1.165, 1.54) is 6.42 Å². The Morgan fingerprint density at radius 1 is 1.24 bits per heavy atom. The third-order valence-electron chi connectivity index (χ3n) is 4.04. The van der Waals surface area contributed by atoms with Crippen LogP contribution in [0.1, 0.15) is 27.2 Å². The second-order valence-electron chi connectivity index (χ2n) is 6.16. The molecule has 0 aliphatic carbocycles. The third kappa shape index (κ3) is 4.12. The van der Waals surface area contributed by atoms with E-state index in [-0.39, 0.29) is 11.9 Å². The molecule has 0 saturated carbocycles. The number of likely N-dealkylation sites (tertiary alicyclic amines) is 1. The summed E-state index contributed by atoms with van der Waals surface area (Å²) in [6.07, 6.45) is 1.22. The van der Waals surface area contributed by atoms with Crippen LogP contribution in [0.15, 0.2) is 18.2 Å². The van der Waals surface area contributed by atoms with E-state index in [1.807, 2.05) is 6.92 Å². The maximum atomic E-state index is 12.5. The molecule has 3 nitrogen and oxygen atoms in total. The van der Waals surface area contributed by atoms with Gasteiger partial charge in [0.25, 0.3) is 0 Å². The number of rotatable bonds is 3. The summed E-state index contributed by atoms with van der Waals surface area (Å²) in [7, 11) is 0. The molecule has 2 rings (SSSR count). The molecular formula is C16H22Cl2N2O. The molecule has 1 aromatic carbocycles. The highest BCUT2D eigenvalue weighted by Gasteiger charge is 2.29. The van der Waals surface area contributed by atoms with Crippen LogP contribution >= 0.6 is 23.2 Å². The van der Waals surface area contributed by atoms with E-state index >= 15 is 0 Å². The van der Waals surface area contributed by atoms with Crippen molar-refractivity contribution in [3.8, 4) is 0 Å². The van der Waals surface area contributed by atoms with Crippen LogP contribution in [0.4, 0.5) is 5.69 Å². The standard InChI is InChI=1S/C16H22Cl2N2O/c1-10-7-11(2)9-20(8-10)12(3)16(21)19-15-13(17)5-4-6-14(15)18/h4-6,10-12H,7-9H2,1-3H3,(H,19,21)/t10-,11-,12-/m0/s1. The summed E-state index contributed by atoms with van der Waals surface area (Å²) >= 11 is 12.2. The van der Waals surface area contributed by atoms with Gasteiger partial charge in [-0.2, -0.15) is 0 Å². The number of anilines is 1. The first kappa shape index (κ1) is 16.6. The normalized spacial score (nSPS) is 24.6. The molecule has 1 amide bonds. The highest BCUT2D eigenvalue weighted by Crippen LogP contribution is 2.30. The van der Waals surface area contributed by atoms with Crippen LogP contribution < -0.4 is 5.32 Å². The fourth-order valence-electron chi connectivity index (χ4n) is 3.04. The number of carbonyl (C=O) groups is 1. The maximum absolute atomic E-state index is 12.5. The van der Waals surface area contributed by atoms with Crippen molar-refractivity contribution in [2.75, 3.05) is 18.4 Å². The molecule has 116 valence electrons. The lowest BCUT2D eigenvalue weighted by Crippen LogP contribution is -2.48. The molecule has 0 unspecified atom stereocenters. The Labute approximate surface area is 136 Å². The van der Waals surface area contributed by atoms with Gasteiger partial charge in [0, 0.05) is 13.1 Å². The summed E-state index contributed by atoms with van der Waals surface area (Å²) in [6, 6.07) is 5.01. The summed E-state index contributed by atoms with van der Waals surface area (Å²) in [4.78, 5) is 14.7. The van der Waals surface area contributed by atoms with Crippen LogP contribution in [0.25, 0.3) is 0 Å². The lowest BCUT2D eigenvalue weighted by Gasteiger charge is -2.38. The summed E-state index contributed by atoms with van der Waals surface area (Å²) in [5.74, 6) is 1.17. The van der Waals surface area contributed by atoms with Crippen molar-refractivity contribution in [1.29, 1.82) is 0 Å². The van der Waals surface area contributed by atoms with Gasteiger partial charge in [0.15, 0.2) is 0 Å². The van der Waals surface area contributed by atoms with Crippen LogP contribution in [-0.4, -0.2) is 29.9 Å². The van der Waals surface area contributed by atoms with Gasteiger partial charge in [0.1, 0.15) is 0 Å². The fourth-order valence-corrected chi connectivity index (χ4v) is 3.53. The van der Waals surface area contributed by atoms with Gasteiger partial charge in [-0.3, -0.25) is 9.69 Å². The summed E-state index contributed by atoms with van der Waals surface area (Å²) in [5, 5.41) is 3.78. The van der Waals surface area contributed by atoms with Gasteiger partial charge in [0.2, 0.25) is 5.91 Å². The number of amides is 1. The third-order valence-corrected chi connectivity index (χ3v) is 4.67. The van der Waals surface area contributed by atoms with E-state index in [9.17, 15) is 4.79 Å².